The van der Waals surface area contributed by atoms with Gasteiger partial charge in [-0.15, -0.1) is 0 Å². The molecule has 3 heteroatoms. The molecule has 12 heavy (non-hydrogen) atoms. The van der Waals surface area contributed by atoms with Gasteiger partial charge >= 0.3 is 0 Å². The van der Waals surface area contributed by atoms with E-state index in [0.29, 0.717) is 11.9 Å². The lowest BCUT2D eigenvalue weighted by atomic mass is 10.4. The summed E-state index contributed by atoms with van der Waals surface area (Å²) >= 11 is 0. The van der Waals surface area contributed by atoms with Crippen LogP contribution in [0.15, 0.2) is 12.8 Å². The van der Waals surface area contributed by atoms with E-state index in [2.05, 4.69) is 25.4 Å². The molecule has 0 N–H and O–H groups in total. The molecule has 0 fully saturated rings. The van der Waals surface area contributed by atoms with Gasteiger partial charge in [0.2, 0.25) is 5.88 Å². The Morgan fingerprint density at radius 2 is 2.33 bits per heavy atom. The first-order chi connectivity index (χ1) is 5.69. The number of rotatable bonds is 3. The SMILES string of the molecule is C=Cc1nc(OC)cn1C(C)C. The van der Waals surface area contributed by atoms with Crippen molar-refractivity contribution in [3.8, 4) is 5.88 Å². The van der Waals surface area contributed by atoms with Gasteiger partial charge < -0.3 is 9.30 Å². The summed E-state index contributed by atoms with van der Waals surface area (Å²) in [6, 6.07) is 0.384. The zero-order chi connectivity index (χ0) is 9.14. The second kappa shape index (κ2) is 3.43. The molecule has 0 aliphatic heterocycles. The second-order valence-electron chi connectivity index (χ2n) is 2.85. The molecule has 0 saturated heterocycles. The lowest BCUT2D eigenvalue weighted by Crippen LogP contribution is -2.00. The quantitative estimate of drug-likeness (QED) is 0.687. The third-order valence-corrected chi connectivity index (χ3v) is 1.69. The van der Waals surface area contributed by atoms with Gasteiger partial charge in [0, 0.05) is 6.04 Å². The van der Waals surface area contributed by atoms with Crippen LogP contribution >= 0.6 is 0 Å². The summed E-state index contributed by atoms with van der Waals surface area (Å²) in [5.74, 6) is 1.49. The van der Waals surface area contributed by atoms with E-state index < -0.39 is 0 Å². The molecule has 0 unspecified atom stereocenters. The molecule has 1 heterocycles. The van der Waals surface area contributed by atoms with E-state index in [1.165, 1.54) is 0 Å². The average Bonchev–Trinajstić information content (AvgIpc) is 2.47. The maximum Gasteiger partial charge on any atom is 0.231 e. The Labute approximate surface area is 72.7 Å². The summed E-state index contributed by atoms with van der Waals surface area (Å²) in [5, 5.41) is 0. The fourth-order valence-electron chi connectivity index (χ4n) is 1.05. The Morgan fingerprint density at radius 1 is 1.67 bits per heavy atom. The predicted molar refractivity (Wildman–Crippen MR) is 49.3 cm³/mol. The number of methoxy groups -OCH3 is 1. The zero-order valence-corrected chi connectivity index (χ0v) is 7.74. The monoisotopic (exact) mass is 166 g/mol. The largest absolute Gasteiger partial charge is 0.480 e. The lowest BCUT2D eigenvalue weighted by Gasteiger charge is -2.07. The van der Waals surface area contributed by atoms with E-state index in [1.807, 2.05) is 10.8 Å². The van der Waals surface area contributed by atoms with Crippen LogP contribution in [0.1, 0.15) is 25.7 Å². The predicted octanol–water partition coefficient (Wildman–Crippen LogP) is 2.12. The summed E-state index contributed by atoms with van der Waals surface area (Å²) in [6.07, 6.45) is 3.60. The molecule has 1 aromatic rings. The molecule has 0 bridgehead atoms. The van der Waals surface area contributed by atoms with E-state index >= 15 is 0 Å². The molecular weight excluding hydrogens is 152 g/mol. The Hall–Kier alpha value is -1.25. The standard InChI is InChI=1S/C9H14N2O/c1-5-8-10-9(12-4)6-11(8)7(2)3/h5-7H,1H2,2-4H3. The summed E-state index contributed by atoms with van der Waals surface area (Å²) in [4.78, 5) is 4.19. The van der Waals surface area contributed by atoms with Crippen molar-refractivity contribution in [2.45, 2.75) is 19.9 Å². The van der Waals surface area contributed by atoms with Crippen LogP contribution < -0.4 is 4.74 Å². The molecule has 0 amide bonds. The maximum atomic E-state index is 5.01. The lowest BCUT2D eigenvalue weighted by molar-refractivity contribution is 0.398. The smallest absolute Gasteiger partial charge is 0.231 e. The Balaban J connectivity index is 3.08. The molecule has 3 nitrogen and oxygen atoms in total. The van der Waals surface area contributed by atoms with Gasteiger partial charge in [0.25, 0.3) is 0 Å². The van der Waals surface area contributed by atoms with Crippen LogP contribution in [0, 0.1) is 0 Å². The average molecular weight is 166 g/mol. The summed E-state index contributed by atoms with van der Waals surface area (Å²) in [6.45, 7) is 7.87. The molecule has 0 saturated carbocycles. The van der Waals surface area contributed by atoms with Crippen LogP contribution in [-0.2, 0) is 0 Å². The molecule has 0 spiro atoms. The maximum absolute atomic E-state index is 5.01. The molecule has 0 radical (unpaired) electrons. The first kappa shape index (κ1) is 8.84. The van der Waals surface area contributed by atoms with Gasteiger partial charge in [0.1, 0.15) is 5.82 Å². The van der Waals surface area contributed by atoms with Gasteiger partial charge in [0.15, 0.2) is 0 Å². The highest BCUT2D eigenvalue weighted by molar-refractivity contribution is 5.39. The summed E-state index contributed by atoms with van der Waals surface area (Å²) in [7, 11) is 1.61. The first-order valence-corrected chi connectivity index (χ1v) is 3.94. The van der Waals surface area contributed by atoms with Crippen molar-refractivity contribution in [3.05, 3.63) is 18.6 Å². The fraction of sp³-hybridized carbons (Fsp3) is 0.444. The van der Waals surface area contributed by atoms with E-state index in [-0.39, 0.29) is 0 Å². The van der Waals surface area contributed by atoms with Crippen molar-refractivity contribution in [2.75, 3.05) is 7.11 Å². The normalized spacial score (nSPS) is 10.3. The van der Waals surface area contributed by atoms with Crippen molar-refractivity contribution in [1.29, 1.82) is 0 Å². The number of hydrogen-bond acceptors (Lipinski definition) is 2. The molecule has 0 atom stereocenters. The third-order valence-electron chi connectivity index (χ3n) is 1.69. The highest BCUT2D eigenvalue weighted by Crippen LogP contribution is 2.16. The van der Waals surface area contributed by atoms with E-state index in [0.717, 1.165) is 5.82 Å². The molecule has 1 rings (SSSR count). The van der Waals surface area contributed by atoms with Crippen LogP contribution in [0.25, 0.3) is 6.08 Å². The van der Waals surface area contributed by atoms with Crippen LogP contribution in [-0.4, -0.2) is 16.7 Å². The highest BCUT2D eigenvalue weighted by atomic mass is 16.5. The van der Waals surface area contributed by atoms with Crippen LogP contribution in [0.3, 0.4) is 0 Å². The molecule has 0 aliphatic rings. The fourth-order valence-corrected chi connectivity index (χ4v) is 1.05. The number of nitrogens with zero attached hydrogens (tertiary/aromatic N) is 2. The van der Waals surface area contributed by atoms with Crippen molar-refractivity contribution in [2.24, 2.45) is 0 Å². The molecule has 66 valence electrons. The molecule has 1 aromatic heterocycles. The van der Waals surface area contributed by atoms with E-state index in [1.54, 1.807) is 13.2 Å². The molecule has 0 aliphatic carbocycles. The van der Waals surface area contributed by atoms with Crippen molar-refractivity contribution >= 4 is 6.08 Å². The number of aromatic nitrogens is 2. The molecule has 0 aromatic carbocycles. The van der Waals surface area contributed by atoms with Crippen molar-refractivity contribution in [3.63, 3.8) is 0 Å². The zero-order valence-electron chi connectivity index (χ0n) is 7.74. The topological polar surface area (TPSA) is 27.1 Å². The van der Waals surface area contributed by atoms with Crippen LogP contribution in [0.2, 0.25) is 0 Å². The Kier molecular flexibility index (Phi) is 2.53. The van der Waals surface area contributed by atoms with Gasteiger partial charge in [0.05, 0.1) is 13.3 Å². The van der Waals surface area contributed by atoms with Gasteiger partial charge in [-0.25, -0.2) is 0 Å². The van der Waals surface area contributed by atoms with E-state index in [4.69, 9.17) is 4.74 Å². The van der Waals surface area contributed by atoms with E-state index in [9.17, 15) is 0 Å². The molecular formula is C9H14N2O. The van der Waals surface area contributed by atoms with Crippen LogP contribution in [0.4, 0.5) is 0 Å². The Morgan fingerprint density at radius 3 is 2.67 bits per heavy atom. The minimum atomic E-state index is 0.384. The number of hydrogen-bond donors (Lipinski definition) is 0. The second-order valence-corrected chi connectivity index (χ2v) is 2.85. The van der Waals surface area contributed by atoms with Gasteiger partial charge in [-0.2, -0.15) is 4.98 Å². The Bertz CT molecular complexity index is 276. The van der Waals surface area contributed by atoms with Gasteiger partial charge in [-0.1, -0.05) is 6.58 Å². The summed E-state index contributed by atoms with van der Waals surface area (Å²) < 4.78 is 7.03. The van der Waals surface area contributed by atoms with Gasteiger partial charge in [-0.3, -0.25) is 0 Å². The first-order valence-electron chi connectivity index (χ1n) is 3.94. The minimum absolute atomic E-state index is 0.384. The van der Waals surface area contributed by atoms with Crippen molar-refractivity contribution < 1.29 is 4.74 Å². The highest BCUT2D eigenvalue weighted by Gasteiger charge is 2.06. The summed E-state index contributed by atoms with van der Waals surface area (Å²) in [5.41, 5.74) is 0. The third kappa shape index (κ3) is 1.49. The van der Waals surface area contributed by atoms with Crippen molar-refractivity contribution in [1.82, 2.24) is 9.55 Å². The minimum Gasteiger partial charge on any atom is -0.480 e. The number of ether oxygens (including phenoxy) is 1. The van der Waals surface area contributed by atoms with Crippen LogP contribution in [0.5, 0.6) is 5.88 Å². The van der Waals surface area contributed by atoms with Gasteiger partial charge in [-0.05, 0) is 19.9 Å². The number of imidazole rings is 1.